The van der Waals surface area contributed by atoms with E-state index in [-0.39, 0.29) is 5.56 Å². The summed E-state index contributed by atoms with van der Waals surface area (Å²) >= 11 is 0. The molecule has 0 fully saturated rings. The molecular formula is C18H16N2O6. The molecule has 8 heteroatoms. The van der Waals surface area contributed by atoms with E-state index in [1.807, 2.05) is 0 Å². The Kier molecular flexibility index (Phi) is 5.33. The summed E-state index contributed by atoms with van der Waals surface area (Å²) in [5, 5.41) is 0. The number of hydrogen-bond acceptors (Lipinski definition) is 6. The fourth-order valence-corrected chi connectivity index (χ4v) is 2.21. The Hall–Kier alpha value is -3.55. The number of benzene rings is 2. The molecule has 0 aromatic heterocycles. The summed E-state index contributed by atoms with van der Waals surface area (Å²) in [6, 6.07) is 13.0. The van der Waals surface area contributed by atoms with Crippen molar-refractivity contribution < 1.29 is 28.6 Å². The Morgan fingerprint density at radius 2 is 1.62 bits per heavy atom. The molecule has 0 aliphatic carbocycles. The minimum Gasteiger partial charge on any atom is -0.486 e. The number of amides is 2. The maximum absolute atomic E-state index is 12.0. The number of ether oxygens (including phenoxy) is 3. The molecule has 2 amide bonds. The summed E-state index contributed by atoms with van der Waals surface area (Å²) in [7, 11) is 0. The van der Waals surface area contributed by atoms with Crippen LogP contribution in [0, 0.1) is 0 Å². The van der Waals surface area contributed by atoms with Crippen LogP contribution in [0.25, 0.3) is 0 Å². The van der Waals surface area contributed by atoms with E-state index in [9.17, 15) is 14.4 Å². The second-order valence-electron chi connectivity index (χ2n) is 5.30. The first kappa shape index (κ1) is 17.3. The maximum Gasteiger partial charge on any atom is 0.338 e. The van der Waals surface area contributed by atoms with Crippen molar-refractivity contribution in [2.24, 2.45) is 0 Å². The predicted octanol–water partition coefficient (Wildman–Crippen LogP) is 1.08. The lowest BCUT2D eigenvalue weighted by molar-refractivity contribution is -0.125. The van der Waals surface area contributed by atoms with Gasteiger partial charge in [-0.05, 0) is 30.3 Å². The van der Waals surface area contributed by atoms with Crippen molar-refractivity contribution in [1.29, 1.82) is 0 Å². The van der Waals surface area contributed by atoms with E-state index in [0.29, 0.717) is 30.3 Å². The Labute approximate surface area is 149 Å². The molecule has 1 aliphatic rings. The van der Waals surface area contributed by atoms with Crippen molar-refractivity contribution >= 4 is 17.8 Å². The highest BCUT2D eigenvalue weighted by Crippen LogP contribution is 2.30. The molecule has 0 bridgehead atoms. The second-order valence-corrected chi connectivity index (χ2v) is 5.30. The van der Waals surface area contributed by atoms with Gasteiger partial charge in [-0.2, -0.15) is 0 Å². The number of esters is 1. The lowest BCUT2D eigenvalue weighted by Gasteiger charge is -2.18. The fraction of sp³-hybridized carbons (Fsp3) is 0.167. The molecule has 8 nitrogen and oxygen atoms in total. The van der Waals surface area contributed by atoms with Crippen molar-refractivity contribution in [3.05, 3.63) is 59.7 Å². The van der Waals surface area contributed by atoms with E-state index in [2.05, 4.69) is 10.9 Å². The normalized spacial score (nSPS) is 12.0. The first-order chi connectivity index (χ1) is 12.6. The predicted molar refractivity (Wildman–Crippen MR) is 89.8 cm³/mol. The van der Waals surface area contributed by atoms with Crippen LogP contribution in [0.15, 0.2) is 48.5 Å². The highest BCUT2D eigenvalue weighted by molar-refractivity contribution is 5.96. The Balaban J connectivity index is 1.47. The van der Waals surface area contributed by atoms with E-state index < -0.39 is 24.4 Å². The van der Waals surface area contributed by atoms with Crippen LogP contribution in [0.1, 0.15) is 20.7 Å². The summed E-state index contributed by atoms with van der Waals surface area (Å²) in [5.74, 6) is -0.830. The van der Waals surface area contributed by atoms with Gasteiger partial charge in [-0.25, -0.2) is 4.79 Å². The van der Waals surface area contributed by atoms with Crippen molar-refractivity contribution in [1.82, 2.24) is 10.9 Å². The topological polar surface area (TPSA) is 103 Å². The standard InChI is InChI=1S/C18H16N2O6/c21-16(19-20-17(22)12-4-2-1-3-5-12)11-26-18(23)13-6-7-14-15(10-13)25-9-8-24-14/h1-7,10H,8-9,11H2,(H,19,21)(H,20,22). The summed E-state index contributed by atoms with van der Waals surface area (Å²) < 4.78 is 15.7. The van der Waals surface area contributed by atoms with Gasteiger partial charge in [0.1, 0.15) is 13.2 Å². The Morgan fingerprint density at radius 1 is 0.885 bits per heavy atom. The number of carbonyl (C=O) groups is 3. The van der Waals surface area contributed by atoms with Crippen molar-refractivity contribution in [2.45, 2.75) is 0 Å². The van der Waals surface area contributed by atoms with Crippen LogP contribution in [-0.2, 0) is 9.53 Å². The van der Waals surface area contributed by atoms with Gasteiger partial charge in [0.15, 0.2) is 18.1 Å². The lowest BCUT2D eigenvalue weighted by atomic mass is 10.2. The van der Waals surface area contributed by atoms with E-state index in [0.717, 1.165) is 0 Å². The minimum atomic E-state index is -0.688. The summed E-state index contributed by atoms with van der Waals surface area (Å²) in [6.07, 6.45) is 0. The van der Waals surface area contributed by atoms with E-state index >= 15 is 0 Å². The molecule has 0 saturated heterocycles. The molecule has 2 aromatic carbocycles. The van der Waals surface area contributed by atoms with Crippen LogP contribution in [-0.4, -0.2) is 37.6 Å². The molecule has 1 aliphatic heterocycles. The number of carbonyl (C=O) groups excluding carboxylic acids is 3. The third kappa shape index (κ3) is 4.29. The molecule has 26 heavy (non-hydrogen) atoms. The SMILES string of the molecule is O=C(COC(=O)c1ccc2c(c1)OCCO2)NNC(=O)c1ccccc1. The van der Waals surface area contributed by atoms with Gasteiger partial charge in [0.2, 0.25) is 0 Å². The number of nitrogens with one attached hydrogen (secondary N) is 2. The average Bonchev–Trinajstić information content (AvgIpc) is 2.70. The van der Waals surface area contributed by atoms with Crippen LogP contribution < -0.4 is 20.3 Å². The maximum atomic E-state index is 12.0. The first-order valence-electron chi connectivity index (χ1n) is 7.84. The van der Waals surface area contributed by atoms with Gasteiger partial charge in [0, 0.05) is 5.56 Å². The molecule has 3 rings (SSSR count). The number of hydrazine groups is 1. The van der Waals surface area contributed by atoms with Gasteiger partial charge in [0.25, 0.3) is 11.8 Å². The van der Waals surface area contributed by atoms with Gasteiger partial charge in [-0.3, -0.25) is 20.4 Å². The molecule has 2 N–H and O–H groups in total. The zero-order valence-corrected chi connectivity index (χ0v) is 13.7. The van der Waals surface area contributed by atoms with E-state index in [4.69, 9.17) is 14.2 Å². The number of fused-ring (bicyclic) bond motifs is 1. The third-order valence-corrected chi connectivity index (χ3v) is 3.46. The summed E-state index contributed by atoms with van der Waals surface area (Å²) in [4.78, 5) is 35.5. The second kappa shape index (κ2) is 8.02. The highest BCUT2D eigenvalue weighted by atomic mass is 16.6. The van der Waals surface area contributed by atoms with Crippen LogP contribution >= 0.6 is 0 Å². The third-order valence-electron chi connectivity index (χ3n) is 3.46. The molecule has 0 radical (unpaired) electrons. The Bertz CT molecular complexity index is 822. The van der Waals surface area contributed by atoms with Gasteiger partial charge in [-0.1, -0.05) is 18.2 Å². The molecule has 2 aromatic rings. The molecule has 0 unspecified atom stereocenters. The van der Waals surface area contributed by atoms with Gasteiger partial charge in [-0.15, -0.1) is 0 Å². The first-order valence-corrected chi connectivity index (χ1v) is 7.84. The van der Waals surface area contributed by atoms with Crippen LogP contribution in [0.2, 0.25) is 0 Å². The largest absolute Gasteiger partial charge is 0.486 e. The van der Waals surface area contributed by atoms with Crippen LogP contribution in [0.4, 0.5) is 0 Å². The smallest absolute Gasteiger partial charge is 0.338 e. The van der Waals surface area contributed by atoms with E-state index in [1.54, 1.807) is 36.4 Å². The van der Waals surface area contributed by atoms with Gasteiger partial charge in [0.05, 0.1) is 5.56 Å². The number of hydrogen-bond donors (Lipinski definition) is 2. The monoisotopic (exact) mass is 356 g/mol. The van der Waals surface area contributed by atoms with Crippen molar-refractivity contribution in [2.75, 3.05) is 19.8 Å². The highest BCUT2D eigenvalue weighted by Gasteiger charge is 2.17. The molecule has 0 saturated carbocycles. The molecule has 1 heterocycles. The number of rotatable bonds is 4. The average molecular weight is 356 g/mol. The fourth-order valence-electron chi connectivity index (χ4n) is 2.21. The van der Waals surface area contributed by atoms with Crippen LogP contribution in [0.5, 0.6) is 11.5 Å². The zero-order chi connectivity index (χ0) is 18.4. The lowest BCUT2D eigenvalue weighted by Crippen LogP contribution is -2.43. The minimum absolute atomic E-state index is 0.232. The van der Waals surface area contributed by atoms with Gasteiger partial charge < -0.3 is 14.2 Å². The molecule has 0 spiro atoms. The molecule has 0 atom stereocenters. The molecule has 134 valence electrons. The zero-order valence-electron chi connectivity index (χ0n) is 13.7. The van der Waals surface area contributed by atoms with Crippen molar-refractivity contribution in [3.63, 3.8) is 0 Å². The van der Waals surface area contributed by atoms with Crippen LogP contribution in [0.3, 0.4) is 0 Å². The van der Waals surface area contributed by atoms with Crippen molar-refractivity contribution in [3.8, 4) is 11.5 Å². The Morgan fingerprint density at radius 3 is 2.38 bits per heavy atom. The van der Waals surface area contributed by atoms with Gasteiger partial charge >= 0.3 is 5.97 Å². The quantitative estimate of drug-likeness (QED) is 0.628. The molecular weight excluding hydrogens is 340 g/mol. The van der Waals surface area contributed by atoms with E-state index in [1.165, 1.54) is 12.1 Å². The summed E-state index contributed by atoms with van der Waals surface area (Å²) in [5.41, 5.74) is 5.04. The summed E-state index contributed by atoms with van der Waals surface area (Å²) in [6.45, 7) is 0.309.